The van der Waals surface area contributed by atoms with Gasteiger partial charge in [-0.25, -0.2) is 9.59 Å². The normalized spacial score (nSPS) is 23.1. The summed E-state index contributed by atoms with van der Waals surface area (Å²) in [6.07, 6.45) is 7.25. The molecule has 11 nitrogen and oxygen atoms in total. The monoisotopic (exact) mass is 507 g/mol. The molecule has 0 spiro atoms. The van der Waals surface area contributed by atoms with Crippen LogP contribution < -0.4 is 26.6 Å². The van der Waals surface area contributed by atoms with Gasteiger partial charge in [0.25, 0.3) is 0 Å². The second-order valence-corrected chi connectivity index (χ2v) is 9.67. The first kappa shape index (κ1) is 30.7. The van der Waals surface area contributed by atoms with E-state index in [0.717, 1.165) is 0 Å². The molecular weight excluding hydrogens is 466 g/mol. The number of hydrogen-bond donors (Lipinski definition) is 6. The Hall–Kier alpha value is -3.37. The molecule has 1 aliphatic rings. The van der Waals surface area contributed by atoms with Crippen molar-refractivity contribution in [2.24, 2.45) is 17.8 Å². The lowest BCUT2D eigenvalue weighted by Crippen LogP contribution is -2.59. The number of hydrogen-bond acceptors (Lipinski definition) is 5. The van der Waals surface area contributed by atoms with Crippen molar-refractivity contribution >= 4 is 29.7 Å². The van der Waals surface area contributed by atoms with Crippen molar-refractivity contribution in [3.63, 3.8) is 0 Å². The largest absolute Gasteiger partial charge is 0.480 e. The quantitative estimate of drug-likeness (QED) is 0.255. The van der Waals surface area contributed by atoms with Crippen LogP contribution in [-0.4, -0.2) is 65.5 Å². The number of urea groups is 1. The van der Waals surface area contributed by atoms with Crippen LogP contribution in [-0.2, 0) is 19.2 Å². The molecule has 0 saturated carbocycles. The molecule has 1 rings (SSSR count). The second-order valence-electron chi connectivity index (χ2n) is 9.67. The van der Waals surface area contributed by atoms with Crippen molar-refractivity contribution in [1.29, 1.82) is 0 Å². The summed E-state index contributed by atoms with van der Waals surface area (Å²) in [5.41, 5.74) is 0. The zero-order valence-electron chi connectivity index (χ0n) is 22.0. The minimum absolute atomic E-state index is 0.0114. The maximum Gasteiger partial charge on any atom is 0.326 e. The topological polar surface area (TPSA) is 166 Å². The van der Waals surface area contributed by atoms with Crippen LogP contribution in [0.1, 0.15) is 54.4 Å². The van der Waals surface area contributed by atoms with Gasteiger partial charge in [0.2, 0.25) is 17.7 Å². The summed E-state index contributed by atoms with van der Waals surface area (Å²) in [4.78, 5) is 62.2. The van der Waals surface area contributed by atoms with Crippen LogP contribution in [0.2, 0.25) is 0 Å². The van der Waals surface area contributed by atoms with Crippen LogP contribution in [0, 0.1) is 17.8 Å². The molecule has 0 aliphatic carbocycles. The predicted octanol–water partition coefficient (Wildman–Crippen LogP) is 1.07. The number of nitrogens with one attached hydrogen (secondary N) is 5. The lowest BCUT2D eigenvalue weighted by atomic mass is 9.97. The summed E-state index contributed by atoms with van der Waals surface area (Å²) >= 11 is 0. The maximum absolute atomic E-state index is 13.2. The summed E-state index contributed by atoms with van der Waals surface area (Å²) in [6.45, 7) is 11.1. The molecule has 0 radical (unpaired) electrons. The summed E-state index contributed by atoms with van der Waals surface area (Å²) < 4.78 is 0. The fourth-order valence-corrected chi connectivity index (χ4v) is 3.44. The number of carbonyl (C=O) groups is 5. The maximum atomic E-state index is 13.2. The van der Waals surface area contributed by atoms with Crippen LogP contribution in [0.15, 0.2) is 24.3 Å². The molecule has 0 fully saturated rings. The van der Waals surface area contributed by atoms with E-state index in [1.807, 2.05) is 20.8 Å². The highest BCUT2D eigenvalue weighted by atomic mass is 16.4. The van der Waals surface area contributed by atoms with Crippen molar-refractivity contribution in [3.05, 3.63) is 24.3 Å². The molecule has 11 heteroatoms. The Bertz CT molecular complexity index is 854. The Morgan fingerprint density at radius 2 is 1.69 bits per heavy atom. The van der Waals surface area contributed by atoms with E-state index < -0.39 is 48.0 Å². The molecule has 202 valence electrons. The minimum Gasteiger partial charge on any atom is -0.480 e. The van der Waals surface area contributed by atoms with Crippen molar-refractivity contribution in [3.8, 4) is 0 Å². The third-order valence-electron chi connectivity index (χ3n) is 6.00. The van der Waals surface area contributed by atoms with Gasteiger partial charge in [0.05, 0.1) is 0 Å². The molecule has 5 amide bonds. The van der Waals surface area contributed by atoms with Crippen LogP contribution in [0.5, 0.6) is 0 Å². The molecule has 1 aliphatic heterocycles. The van der Waals surface area contributed by atoms with Crippen LogP contribution in [0.3, 0.4) is 0 Å². The number of carbonyl (C=O) groups excluding carboxylic acids is 4. The highest BCUT2D eigenvalue weighted by molar-refractivity contribution is 5.94. The molecule has 6 N–H and O–H groups in total. The van der Waals surface area contributed by atoms with Gasteiger partial charge < -0.3 is 31.7 Å². The van der Waals surface area contributed by atoms with E-state index in [1.54, 1.807) is 39.0 Å². The molecule has 36 heavy (non-hydrogen) atoms. The van der Waals surface area contributed by atoms with Gasteiger partial charge in [0.1, 0.15) is 18.1 Å². The van der Waals surface area contributed by atoms with Gasteiger partial charge in [-0.05, 0) is 24.2 Å². The lowest BCUT2D eigenvalue weighted by molar-refractivity contribution is -0.140. The zero-order chi connectivity index (χ0) is 27.4. The zero-order valence-corrected chi connectivity index (χ0v) is 22.0. The average Bonchev–Trinajstić information content (AvgIpc) is 2.80. The van der Waals surface area contributed by atoms with Crippen molar-refractivity contribution in [2.75, 3.05) is 6.54 Å². The molecule has 1 heterocycles. The van der Waals surface area contributed by atoms with E-state index in [0.29, 0.717) is 19.4 Å². The van der Waals surface area contributed by atoms with Gasteiger partial charge in [-0.15, -0.1) is 0 Å². The SMILES string of the molecule is CC[C@H](C)[C@H](NC(=O)N[C@H](C(=O)O)C(C)C)C(=O)N[C@H]1/C=C/CCNC(=O)/C=C/[C@@H](C(C)C)NC1=O. The van der Waals surface area contributed by atoms with Gasteiger partial charge in [0.15, 0.2) is 0 Å². The number of carboxylic acids is 1. The van der Waals surface area contributed by atoms with E-state index >= 15 is 0 Å². The van der Waals surface area contributed by atoms with Gasteiger partial charge in [-0.1, -0.05) is 66.2 Å². The van der Waals surface area contributed by atoms with E-state index in [1.165, 1.54) is 6.08 Å². The third-order valence-corrected chi connectivity index (χ3v) is 6.00. The number of aliphatic carboxylic acids is 1. The van der Waals surface area contributed by atoms with E-state index in [4.69, 9.17) is 0 Å². The van der Waals surface area contributed by atoms with Crippen LogP contribution in [0.4, 0.5) is 4.79 Å². The first-order chi connectivity index (χ1) is 16.9. The van der Waals surface area contributed by atoms with Crippen LogP contribution >= 0.6 is 0 Å². The summed E-state index contributed by atoms with van der Waals surface area (Å²) in [7, 11) is 0. The highest BCUT2D eigenvalue weighted by Gasteiger charge is 2.31. The fourth-order valence-electron chi connectivity index (χ4n) is 3.44. The van der Waals surface area contributed by atoms with Gasteiger partial charge in [-0.2, -0.15) is 0 Å². The molecule has 0 aromatic carbocycles. The Morgan fingerprint density at radius 3 is 2.25 bits per heavy atom. The summed E-state index contributed by atoms with van der Waals surface area (Å²) in [5.74, 6) is -3.12. The Labute approximate surface area is 212 Å². The van der Waals surface area contributed by atoms with E-state index in [2.05, 4.69) is 26.6 Å². The number of rotatable bonds is 9. The number of amides is 5. The lowest BCUT2D eigenvalue weighted by Gasteiger charge is -2.28. The first-order valence-electron chi connectivity index (χ1n) is 12.4. The summed E-state index contributed by atoms with van der Waals surface area (Å²) in [5, 5.41) is 22.6. The number of carboxylic acid groups (broad SMARTS) is 1. The molecule has 0 aromatic heterocycles. The van der Waals surface area contributed by atoms with Gasteiger partial charge in [-0.3, -0.25) is 14.4 Å². The molecular formula is C25H41N5O6. The Kier molecular flexibility index (Phi) is 12.7. The second kappa shape index (κ2) is 14.9. The van der Waals surface area contributed by atoms with E-state index in [9.17, 15) is 29.1 Å². The first-order valence-corrected chi connectivity index (χ1v) is 12.4. The Balaban J connectivity index is 3.08. The fraction of sp³-hybridized carbons (Fsp3) is 0.640. The van der Waals surface area contributed by atoms with Crippen molar-refractivity contribution in [1.82, 2.24) is 26.6 Å². The Morgan fingerprint density at radius 1 is 1.06 bits per heavy atom. The predicted molar refractivity (Wildman–Crippen MR) is 136 cm³/mol. The molecule has 5 atom stereocenters. The highest BCUT2D eigenvalue weighted by Crippen LogP contribution is 2.10. The smallest absolute Gasteiger partial charge is 0.326 e. The van der Waals surface area contributed by atoms with Gasteiger partial charge >= 0.3 is 12.0 Å². The molecule has 0 aromatic rings. The van der Waals surface area contributed by atoms with Crippen molar-refractivity contribution < 1.29 is 29.1 Å². The van der Waals surface area contributed by atoms with Gasteiger partial charge in [0, 0.05) is 18.7 Å². The standard InChI is InChI=1S/C25H41N5O6/c1-7-16(6)21(30-25(36)29-20(15(4)5)24(34)35)23(33)28-18-10-8-9-13-26-19(31)12-11-17(14(2)3)27-22(18)32/h8,10-12,14-18,20-21H,7,9,13H2,1-6H3,(H,26,31)(H,27,32)(H,28,33)(H,34,35)(H2,29,30,36)/b10-8+,12-11+/t16-,17-,18-,20-,21-/m0/s1. The summed E-state index contributed by atoms with van der Waals surface area (Å²) in [6, 6.07) is -4.35. The average molecular weight is 508 g/mol. The van der Waals surface area contributed by atoms with Crippen LogP contribution in [0.25, 0.3) is 0 Å². The molecule has 0 saturated heterocycles. The molecule has 0 bridgehead atoms. The van der Waals surface area contributed by atoms with Crippen molar-refractivity contribution in [2.45, 2.75) is 78.6 Å². The molecule has 0 unspecified atom stereocenters. The minimum atomic E-state index is -1.18. The third kappa shape index (κ3) is 10.1. The van der Waals surface area contributed by atoms with E-state index in [-0.39, 0.29) is 23.7 Å².